The van der Waals surface area contributed by atoms with Crippen molar-refractivity contribution in [3.05, 3.63) is 29.8 Å². The average molecular weight is 375 g/mol. The number of rotatable bonds is 6. The fourth-order valence-corrected chi connectivity index (χ4v) is 3.73. The number of nitrogens with zero attached hydrogens (tertiary/aromatic N) is 3. The molecule has 6 heteroatoms. The van der Waals surface area contributed by atoms with Crippen LogP contribution in [0.4, 0.5) is 0 Å². The maximum absolute atomic E-state index is 5.97. The molecule has 2 fully saturated rings. The fourth-order valence-electron chi connectivity index (χ4n) is 3.73. The molecular formula is C21H34N4O2. The number of para-hydroxylation sites is 1. The van der Waals surface area contributed by atoms with E-state index in [1.165, 1.54) is 12.0 Å². The van der Waals surface area contributed by atoms with Gasteiger partial charge in [-0.05, 0) is 18.4 Å². The van der Waals surface area contributed by atoms with Crippen LogP contribution in [0.25, 0.3) is 0 Å². The van der Waals surface area contributed by atoms with E-state index in [0.29, 0.717) is 12.0 Å². The van der Waals surface area contributed by atoms with Gasteiger partial charge < -0.3 is 19.7 Å². The molecule has 2 heterocycles. The Morgan fingerprint density at radius 1 is 1.26 bits per heavy atom. The van der Waals surface area contributed by atoms with Gasteiger partial charge in [-0.15, -0.1) is 0 Å². The molecule has 0 aliphatic carbocycles. The number of morpholine rings is 1. The second-order valence-electron chi connectivity index (χ2n) is 7.75. The number of benzene rings is 1. The zero-order chi connectivity index (χ0) is 19.1. The molecule has 2 saturated heterocycles. The maximum Gasteiger partial charge on any atom is 0.193 e. The first-order valence-corrected chi connectivity index (χ1v) is 10.2. The molecule has 27 heavy (non-hydrogen) atoms. The lowest BCUT2D eigenvalue weighted by Gasteiger charge is -2.32. The highest BCUT2D eigenvalue weighted by Crippen LogP contribution is 2.20. The topological polar surface area (TPSA) is 49.3 Å². The van der Waals surface area contributed by atoms with Crippen LogP contribution in [0.3, 0.4) is 0 Å². The van der Waals surface area contributed by atoms with Gasteiger partial charge in [-0.2, -0.15) is 0 Å². The second-order valence-corrected chi connectivity index (χ2v) is 7.75. The predicted octanol–water partition coefficient (Wildman–Crippen LogP) is 2.20. The van der Waals surface area contributed by atoms with E-state index in [9.17, 15) is 0 Å². The van der Waals surface area contributed by atoms with Gasteiger partial charge in [0.2, 0.25) is 0 Å². The van der Waals surface area contributed by atoms with Crippen LogP contribution in [-0.2, 0) is 11.3 Å². The molecule has 1 atom stereocenters. The number of hydrogen-bond donors (Lipinski definition) is 1. The van der Waals surface area contributed by atoms with Crippen molar-refractivity contribution in [2.45, 2.75) is 32.9 Å². The highest BCUT2D eigenvalue weighted by molar-refractivity contribution is 5.80. The van der Waals surface area contributed by atoms with Crippen LogP contribution in [0.2, 0.25) is 0 Å². The standard InChI is InChI=1S/C21H34N4O2/c1-17(2)16-27-20-7-5-4-6-18(20)14-23-21(22-3)25-9-8-19(15-25)24-10-12-26-13-11-24/h4-7,17,19H,8-16H2,1-3H3,(H,22,23). The van der Waals surface area contributed by atoms with Crippen molar-refractivity contribution in [2.24, 2.45) is 10.9 Å². The lowest BCUT2D eigenvalue weighted by molar-refractivity contribution is 0.0195. The molecule has 0 aromatic heterocycles. The summed E-state index contributed by atoms with van der Waals surface area (Å²) in [5.41, 5.74) is 1.17. The number of guanidine groups is 1. The van der Waals surface area contributed by atoms with Gasteiger partial charge in [-0.25, -0.2) is 0 Å². The number of ether oxygens (including phenoxy) is 2. The Labute approximate surface area is 163 Å². The van der Waals surface area contributed by atoms with Gasteiger partial charge in [0.05, 0.1) is 19.8 Å². The summed E-state index contributed by atoms with van der Waals surface area (Å²) >= 11 is 0. The number of likely N-dealkylation sites (tertiary alicyclic amines) is 1. The van der Waals surface area contributed by atoms with Crippen molar-refractivity contribution in [1.29, 1.82) is 0 Å². The van der Waals surface area contributed by atoms with Gasteiger partial charge in [0.15, 0.2) is 5.96 Å². The summed E-state index contributed by atoms with van der Waals surface area (Å²) in [4.78, 5) is 9.45. The minimum Gasteiger partial charge on any atom is -0.493 e. The van der Waals surface area contributed by atoms with Crippen molar-refractivity contribution in [3.8, 4) is 5.75 Å². The number of nitrogens with one attached hydrogen (secondary N) is 1. The van der Waals surface area contributed by atoms with Crippen LogP contribution < -0.4 is 10.1 Å². The minimum absolute atomic E-state index is 0.514. The normalized spacial score (nSPS) is 21.7. The van der Waals surface area contributed by atoms with E-state index in [0.717, 1.165) is 64.3 Å². The van der Waals surface area contributed by atoms with Crippen molar-refractivity contribution in [3.63, 3.8) is 0 Å². The van der Waals surface area contributed by atoms with Crippen LogP contribution in [0.15, 0.2) is 29.3 Å². The van der Waals surface area contributed by atoms with E-state index >= 15 is 0 Å². The predicted molar refractivity (Wildman–Crippen MR) is 109 cm³/mol. The van der Waals surface area contributed by atoms with Gasteiger partial charge >= 0.3 is 0 Å². The third-order valence-electron chi connectivity index (χ3n) is 5.22. The van der Waals surface area contributed by atoms with E-state index in [4.69, 9.17) is 9.47 Å². The molecule has 0 bridgehead atoms. The van der Waals surface area contributed by atoms with E-state index in [2.05, 4.69) is 46.1 Å². The van der Waals surface area contributed by atoms with Crippen molar-refractivity contribution < 1.29 is 9.47 Å². The average Bonchev–Trinajstić information content (AvgIpc) is 3.18. The summed E-state index contributed by atoms with van der Waals surface area (Å²) in [5.74, 6) is 2.45. The van der Waals surface area contributed by atoms with Crippen LogP contribution in [0, 0.1) is 5.92 Å². The fraction of sp³-hybridized carbons (Fsp3) is 0.667. The summed E-state index contributed by atoms with van der Waals surface area (Å²) in [7, 11) is 1.87. The van der Waals surface area contributed by atoms with Gasteiger partial charge in [0.25, 0.3) is 0 Å². The van der Waals surface area contributed by atoms with Crippen LogP contribution in [0.1, 0.15) is 25.8 Å². The molecule has 2 aliphatic heterocycles. The van der Waals surface area contributed by atoms with E-state index in [1.807, 2.05) is 19.2 Å². The Morgan fingerprint density at radius 3 is 2.78 bits per heavy atom. The molecule has 0 saturated carbocycles. The highest BCUT2D eigenvalue weighted by Gasteiger charge is 2.30. The molecule has 1 N–H and O–H groups in total. The quantitative estimate of drug-likeness (QED) is 0.611. The summed E-state index contributed by atoms with van der Waals surface area (Å²) < 4.78 is 11.5. The highest BCUT2D eigenvalue weighted by atomic mass is 16.5. The first-order chi connectivity index (χ1) is 13.2. The minimum atomic E-state index is 0.514. The van der Waals surface area contributed by atoms with Gasteiger partial charge in [-0.1, -0.05) is 32.0 Å². The SMILES string of the molecule is CN=C(NCc1ccccc1OCC(C)C)N1CCC(N2CCOCC2)C1. The first kappa shape index (κ1) is 20.0. The monoisotopic (exact) mass is 374 g/mol. The van der Waals surface area contributed by atoms with Gasteiger partial charge in [0, 0.05) is 51.4 Å². The molecular weight excluding hydrogens is 340 g/mol. The summed E-state index contributed by atoms with van der Waals surface area (Å²) in [6.45, 7) is 11.7. The summed E-state index contributed by atoms with van der Waals surface area (Å²) in [5, 5.41) is 3.53. The Balaban J connectivity index is 1.54. The van der Waals surface area contributed by atoms with Crippen molar-refractivity contribution in [1.82, 2.24) is 15.1 Å². The Hall–Kier alpha value is -1.79. The van der Waals surface area contributed by atoms with E-state index < -0.39 is 0 Å². The molecule has 2 aliphatic rings. The Kier molecular flexibility index (Phi) is 7.35. The second kappa shape index (κ2) is 9.95. The lowest BCUT2D eigenvalue weighted by Crippen LogP contribution is -2.46. The molecule has 3 rings (SSSR count). The third kappa shape index (κ3) is 5.59. The molecule has 6 nitrogen and oxygen atoms in total. The zero-order valence-corrected chi connectivity index (χ0v) is 17.0. The Bertz CT molecular complexity index is 614. The number of hydrogen-bond acceptors (Lipinski definition) is 4. The molecule has 0 amide bonds. The summed E-state index contributed by atoms with van der Waals surface area (Å²) in [6, 6.07) is 8.87. The van der Waals surface area contributed by atoms with Crippen LogP contribution in [-0.4, -0.2) is 74.8 Å². The van der Waals surface area contributed by atoms with Crippen molar-refractivity contribution in [2.75, 3.05) is 53.0 Å². The van der Waals surface area contributed by atoms with Gasteiger partial charge in [-0.3, -0.25) is 9.89 Å². The van der Waals surface area contributed by atoms with E-state index in [1.54, 1.807) is 0 Å². The molecule has 0 spiro atoms. The molecule has 0 radical (unpaired) electrons. The molecule has 1 unspecified atom stereocenters. The smallest absolute Gasteiger partial charge is 0.193 e. The first-order valence-electron chi connectivity index (χ1n) is 10.2. The molecule has 150 valence electrons. The van der Waals surface area contributed by atoms with Crippen LogP contribution in [0.5, 0.6) is 5.75 Å². The van der Waals surface area contributed by atoms with Crippen molar-refractivity contribution >= 4 is 5.96 Å². The molecule has 1 aromatic carbocycles. The van der Waals surface area contributed by atoms with Crippen LogP contribution >= 0.6 is 0 Å². The maximum atomic E-state index is 5.97. The Morgan fingerprint density at radius 2 is 2.04 bits per heavy atom. The van der Waals surface area contributed by atoms with E-state index in [-0.39, 0.29) is 0 Å². The zero-order valence-electron chi connectivity index (χ0n) is 17.0. The summed E-state index contributed by atoms with van der Waals surface area (Å²) in [6.07, 6.45) is 1.19. The van der Waals surface area contributed by atoms with Gasteiger partial charge in [0.1, 0.15) is 5.75 Å². The number of aliphatic imine (C=N–C) groups is 1. The molecule has 1 aromatic rings. The third-order valence-corrected chi connectivity index (χ3v) is 5.22. The lowest BCUT2D eigenvalue weighted by atomic mass is 10.2. The largest absolute Gasteiger partial charge is 0.493 e.